The van der Waals surface area contributed by atoms with E-state index in [0.29, 0.717) is 18.2 Å². The van der Waals surface area contributed by atoms with Crippen LogP contribution in [0.1, 0.15) is 34.1 Å². The Morgan fingerprint density at radius 3 is 2.41 bits per heavy atom. The van der Waals surface area contributed by atoms with Crippen LogP contribution in [0, 0.1) is 5.92 Å². The number of carbonyl (C=O) groups excluding carboxylic acids is 1. The molecule has 2 N–H and O–H groups in total. The lowest BCUT2D eigenvalue weighted by atomic mass is 10.1. The predicted molar refractivity (Wildman–Crippen MR) is 73.5 cm³/mol. The molecule has 102 valence electrons. The van der Waals surface area contributed by atoms with Crippen molar-refractivity contribution in [1.29, 1.82) is 0 Å². The number of carbonyl (C=O) groups is 1. The van der Waals surface area contributed by atoms with Gasteiger partial charge in [0.2, 0.25) is 5.91 Å². The predicted octanol–water partition coefficient (Wildman–Crippen LogP) is 0.895. The Kier molecular flexibility index (Phi) is 9.36. The van der Waals surface area contributed by atoms with Crippen LogP contribution >= 0.6 is 0 Å². The van der Waals surface area contributed by atoms with Crippen LogP contribution < -0.4 is 10.6 Å². The maximum Gasteiger partial charge on any atom is 0.232 e. The van der Waals surface area contributed by atoms with E-state index in [4.69, 9.17) is 0 Å². The van der Waals surface area contributed by atoms with E-state index in [-0.39, 0.29) is 17.7 Å². The average Bonchev–Trinajstić information content (AvgIpc) is 2.23. The smallest absolute Gasteiger partial charge is 0.232 e. The Hall–Kier alpha value is -0.420. The standard InChI is InChI=1S/C12H26N2O2S/c1-5-7-14-11(10(3)4)8-17(16)9-12(15)13-6-2/h10-11,14H,5-9H2,1-4H3,(H,13,15). The lowest BCUT2D eigenvalue weighted by Crippen LogP contribution is -2.40. The van der Waals surface area contributed by atoms with E-state index >= 15 is 0 Å². The summed E-state index contributed by atoms with van der Waals surface area (Å²) in [6.45, 7) is 9.71. The molecular weight excluding hydrogens is 236 g/mol. The minimum absolute atomic E-state index is 0.116. The Balaban J connectivity index is 4.07. The third-order valence-electron chi connectivity index (χ3n) is 2.49. The number of nitrogens with one attached hydrogen (secondary N) is 2. The highest BCUT2D eigenvalue weighted by molar-refractivity contribution is 7.85. The molecule has 0 aliphatic carbocycles. The maximum absolute atomic E-state index is 11.8. The first-order valence-electron chi connectivity index (χ1n) is 6.36. The molecule has 0 saturated carbocycles. The summed E-state index contributed by atoms with van der Waals surface area (Å²) in [6.07, 6.45) is 1.06. The molecule has 0 rings (SSSR count). The van der Waals surface area contributed by atoms with Gasteiger partial charge >= 0.3 is 0 Å². The molecule has 5 heteroatoms. The van der Waals surface area contributed by atoms with Gasteiger partial charge in [-0.05, 0) is 25.8 Å². The second-order valence-electron chi connectivity index (χ2n) is 4.51. The summed E-state index contributed by atoms with van der Waals surface area (Å²) in [5.41, 5.74) is 0. The van der Waals surface area contributed by atoms with Crippen LogP contribution in [0.4, 0.5) is 0 Å². The average molecular weight is 262 g/mol. The zero-order valence-electron chi connectivity index (χ0n) is 11.4. The van der Waals surface area contributed by atoms with Crippen LogP contribution in [0.25, 0.3) is 0 Å². The van der Waals surface area contributed by atoms with Crippen molar-refractivity contribution < 1.29 is 9.00 Å². The summed E-state index contributed by atoms with van der Waals surface area (Å²) in [4.78, 5) is 11.3. The fraction of sp³-hybridized carbons (Fsp3) is 0.917. The highest BCUT2D eigenvalue weighted by Crippen LogP contribution is 2.04. The van der Waals surface area contributed by atoms with Crippen LogP contribution in [0.5, 0.6) is 0 Å². The van der Waals surface area contributed by atoms with Gasteiger partial charge in [-0.15, -0.1) is 0 Å². The van der Waals surface area contributed by atoms with Gasteiger partial charge in [-0.2, -0.15) is 0 Å². The molecule has 0 spiro atoms. The van der Waals surface area contributed by atoms with Crippen molar-refractivity contribution in [1.82, 2.24) is 10.6 Å². The summed E-state index contributed by atoms with van der Waals surface area (Å²) >= 11 is 0. The van der Waals surface area contributed by atoms with E-state index in [1.807, 2.05) is 6.92 Å². The van der Waals surface area contributed by atoms with Gasteiger partial charge in [0.15, 0.2) is 0 Å². The second-order valence-corrected chi connectivity index (χ2v) is 6.01. The summed E-state index contributed by atoms with van der Waals surface area (Å²) in [6, 6.07) is 0.227. The Bertz CT molecular complexity index is 245. The summed E-state index contributed by atoms with van der Waals surface area (Å²) in [5.74, 6) is 0.975. The van der Waals surface area contributed by atoms with Gasteiger partial charge < -0.3 is 10.6 Å². The maximum atomic E-state index is 11.8. The quantitative estimate of drug-likeness (QED) is 0.649. The minimum Gasteiger partial charge on any atom is -0.356 e. The van der Waals surface area contributed by atoms with E-state index in [0.717, 1.165) is 13.0 Å². The normalized spacial score (nSPS) is 14.6. The zero-order chi connectivity index (χ0) is 13.3. The Labute approximate surface area is 107 Å². The number of hydrogen-bond acceptors (Lipinski definition) is 3. The van der Waals surface area contributed by atoms with Gasteiger partial charge in [0, 0.05) is 29.1 Å². The zero-order valence-corrected chi connectivity index (χ0v) is 12.2. The van der Waals surface area contributed by atoms with Crippen molar-refractivity contribution in [2.75, 3.05) is 24.6 Å². The van der Waals surface area contributed by atoms with E-state index in [1.165, 1.54) is 0 Å². The molecule has 0 aromatic rings. The molecule has 0 aromatic heterocycles. The fourth-order valence-corrected chi connectivity index (χ4v) is 2.89. The van der Waals surface area contributed by atoms with Gasteiger partial charge in [-0.1, -0.05) is 20.8 Å². The van der Waals surface area contributed by atoms with Gasteiger partial charge in [-0.3, -0.25) is 9.00 Å². The molecule has 0 aliphatic heterocycles. The molecule has 0 radical (unpaired) electrons. The van der Waals surface area contributed by atoms with Gasteiger partial charge in [-0.25, -0.2) is 0 Å². The minimum atomic E-state index is -1.08. The molecule has 17 heavy (non-hydrogen) atoms. The van der Waals surface area contributed by atoms with Crippen molar-refractivity contribution in [3.05, 3.63) is 0 Å². The molecule has 0 saturated heterocycles. The first kappa shape index (κ1) is 16.6. The highest BCUT2D eigenvalue weighted by atomic mass is 32.2. The number of hydrogen-bond donors (Lipinski definition) is 2. The molecule has 0 bridgehead atoms. The first-order chi connectivity index (χ1) is 8.01. The van der Waals surface area contributed by atoms with Crippen LogP contribution in [0.3, 0.4) is 0 Å². The van der Waals surface area contributed by atoms with E-state index in [2.05, 4.69) is 31.4 Å². The van der Waals surface area contributed by atoms with Gasteiger partial charge in [0.1, 0.15) is 5.75 Å². The summed E-state index contributed by atoms with van der Waals surface area (Å²) in [7, 11) is -1.08. The SMILES string of the molecule is CCCNC(CS(=O)CC(=O)NCC)C(C)C. The van der Waals surface area contributed by atoms with Crippen molar-refractivity contribution in [3.63, 3.8) is 0 Å². The largest absolute Gasteiger partial charge is 0.356 e. The van der Waals surface area contributed by atoms with E-state index in [1.54, 1.807) is 0 Å². The van der Waals surface area contributed by atoms with Gasteiger partial charge in [0.25, 0.3) is 0 Å². The Morgan fingerprint density at radius 2 is 1.94 bits per heavy atom. The van der Waals surface area contributed by atoms with Crippen molar-refractivity contribution in [2.24, 2.45) is 5.92 Å². The number of rotatable bonds is 9. The Morgan fingerprint density at radius 1 is 1.29 bits per heavy atom. The third kappa shape index (κ3) is 8.32. The topological polar surface area (TPSA) is 58.2 Å². The monoisotopic (exact) mass is 262 g/mol. The molecule has 0 fully saturated rings. The van der Waals surface area contributed by atoms with Crippen LogP contribution in [0.2, 0.25) is 0 Å². The number of amides is 1. The molecule has 0 heterocycles. The fourth-order valence-electron chi connectivity index (χ4n) is 1.47. The molecule has 1 amide bonds. The van der Waals surface area contributed by atoms with Crippen LogP contribution in [-0.2, 0) is 15.6 Å². The molecule has 0 aromatic carbocycles. The highest BCUT2D eigenvalue weighted by Gasteiger charge is 2.17. The van der Waals surface area contributed by atoms with Crippen molar-refractivity contribution >= 4 is 16.7 Å². The second kappa shape index (κ2) is 9.59. The molecule has 0 aliphatic rings. The molecule has 2 unspecified atom stereocenters. The van der Waals surface area contributed by atoms with E-state index in [9.17, 15) is 9.00 Å². The van der Waals surface area contributed by atoms with Crippen LogP contribution in [0.15, 0.2) is 0 Å². The summed E-state index contributed by atoms with van der Waals surface area (Å²) < 4.78 is 11.8. The van der Waals surface area contributed by atoms with Gasteiger partial charge in [0.05, 0.1) is 0 Å². The van der Waals surface area contributed by atoms with Crippen molar-refractivity contribution in [3.8, 4) is 0 Å². The molecule has 2 atom stereocenters. The lowest BCUT2D eigenvalue weighted by molar-refractivity contribution is -0.118. The molecule has 4 nitrogen and oxygen atoms in total. The third-order valence-corrected chi connectivity index (χ3v) is 3.81. The van der Waals surface area contributed by atoms with Crippen LogP contribution in [-0.4, -0.2) is 40.8 Å². The van der Waals surface area contributed by atoms with Crippen molar-refractivity contribution in [2.45, 2.75) is 40.2 Å². The molecular formula is C12H26N2O2S. The van der Waals surface area contributed by atoms with E-state index < -0.39 is 10.8 Å². The first-order valence-corrected chi connectivity index (χ1v) is 7.85. The lowest BCUT2D eigenvalue weighted by Gasteiger charge is -2.21. The summed E-state index contributed by atoms with van der Waals surface area (Å²) in [5, 5.41) is 6.05.